The number of halogens is 3. The summed E-state index contributed by atoms with van der Waals surface area (Å²) in [6, 6.07) is 7.77. The Kier molecular flexibility index (Phi) is 8.11. The average molecular weight is 494 g/mol. The van der Waals surface area contributed by atoms with Gasteiger partial charge in [-0.3, -0.25) is 4.79 Å². The number of nitrogens with zero attached hydrogens (tertiary/aromatic N) is 1. The summed E-state index contributed by atoms with van der Waals surface area (Å²) in [6.07, 6.45) is 2.31. The number of carbonyl (C=O) groups excluding carboxylic acids is 1. The molecule has 10 heteroatoms. The first-order chi connectivity index (χ1) is 15.9. The Hall–Kier alpha value is -3.17. The molecule has 1 aromatic heterocycles. The highest BCUT2D eigenvalue weighted by atomic mass is 35.5. The number of benzene rings is 2. The molecule has 0 aliphatic heterocycles. The number of nitrogens with one attached hydrogen (secondary N) is 1. The number of rotatable bonds is 9. The Balaban J connectivity index is 0.00000324. The van der Waals surface area contributed by atoms with Crippen LogP contribution in [0.1, 0.15) is 47.6 Å². The maximum Gasteiger partial charge on any atom is 0.273 e. The quantitative estimate of drug-likeness (QED) is 0.444. The number of aromatic nitrogens is 1. The topological polar surface area (TPSA) is 99.6 Å². The maximum atomic E-state index is 13.9. The molecule has 3 aromatic rings. The van der Waals surface area contributed by atoms with E-state index in [-0.39, 0.29) is 41.9 Å². The molecule has 1 saturated carbocycles. The molecule has 182 valence electrons. The van der Waals surface area contributed by atoms with Crippen molar-refractivity contribution in [3.05, 3.63) is 65.1 Å². The van der Waals surface area contributed by atoms with Crippen LogP contribution in [-0.2, 0) is 6.54 Å². The Morgan fingerprint density at radius 1 is 1.24 bits per heavy atom. The molecule has 0 bridgehead atoms. The third-order valence-electron chi connectivity index (χ3n) is 5.32. The fraction of sp³-hybridized carbons (Fsp3) is 0.333. The molecule has 3 N–H and O–H groups in total. The lowest BCUT2D eigenvalue weighted by Crippen LogP contribution is -2.25. The highest BCUT2D eigenvalue weighted by molar-refractivity contribution is 5.94. The summed E-state index contributed by atoms with van der Waals surface area (Å²) in [5.74, 6) is 0.0600. The van der Waals surface area contributed by atoms with Crippen molar-refractivity contribution in [2.24, 2.45) is 11.7 Å². The zero-order valence-electron chi connectivity index (χ0n) is 18.8. The van der Waals surface area contributed by atoms with Crippen LogP contribution in [0.4, 0.5) is 8.78 Å². The molecule has 1 heterocycles. The van der Waals surface area contributed by atoms with E-state index in [2.05, 4.69) is 10.3 Å². The molecule has 34 heavy (non-hydrogen) atoms. The number of hydrogen-bond acceptors (Lipinski definition) is 6. The molecule has 1 unspecified atom stereocenters. The average Bonchev–Trinajstić information content (AvgIpc) is 3.51. The number of hydrogen-bond donors (Lipinski definition) is 2. The lowest BCUT2D eigenvalue weighted by atomic mass is 10.2. The first-order valence-corrected chi connectivity index (χ1v) is 10.7. The number of carbonyl (C=O) groups is 1. The van der Waals surface area contributed by atoms with Crippen LogP contribution in [0.15, 0.2) is 40.8 Å². The van der Waals surface area contributed by atoms with Crippen molar-refractivity contribution in [1.82, 2.24) is 10.3 Å². The normalized spacial score (nSPS) is 13.7. The predicted molar refractivity (Wildman–Crippen MR) is 124 cm³/mol. The second-order valence-electron chi connectivity index (χ2n) is 8.06. The van der Waals surface area contributed by atoms with Gasteiger partial charge < -0.3 is 24.9 Å². The molecule has 2 aromatic carbocycles. The minimum Gasteiger partial charge on any atom is -0.493 e. The van der Waals surface area contributed by atoms with Gasteiger partial charge in [-0.2, -0.15) is 0 Å². The van der Waals surface area contributed by atoms with E-state index in [1.807, 2.05) is 0 Å². The zero-order chi connectivity index (χ0) is 23.5. The van der Waals surface area contributed by atoms with Gasteiger partial charge in [0.2, 0.25) is 5.89 Å². The molecule has 0 radical (unpaired) electrons. The minimum atomic E-state index is -0.750. The van der Waals surface area contributed by atoms with Crippen LogP contribution in [0.2, 0.25) is 0 Å². The van der Waals surface area contributed by atoms with Crippen LogP contribution >= 0.6 is 12.4 Å². The Morgan fingerprint density at radius 2 is 2.00 bits per heavy atom. The van der Waals surface area contributed by atoms with Crippen molar-refractivity contribution in [2.45, 2.75) is 32.4 Å². The molecule has 1 amide bonds. The van der Waals surface area contributed by atoms with Gasteiger partial charge in [-0.1, -0.05) is 6.07 Å². The van der Waals surface area contributed by atoms with Gasteiger partial charge in [0.05, 0.1) is 19.8 Å². The van der Waals surface area contributed by atoms with Gasteiger partial charge >= 0.3 is 0 Å². The SMILES string of the molecule is COc1ccc(-c2nc(C(=O)NCc3ccc(F)cc3F)c(C(C)N)o2)cc1OCC1CC1.Cl. The summed E-state index contributed by atoms with van der Waals surface area (Å²) in [6.45, 7) is 2.12. The van der Waals surface area contributed by atoms with Crippen molar-refractivity contribution >= 4 is 18.3 Å². The van der Waals surface area contributed by atoms with Crippen molar-refractivity contribution in [1.29, 1.82) is 0 Å². The van der Waals surface area contributed by atoms with Crippen LogP contribution in [-0.4, -0.2) is 24.6 Å². The number of nitrogens with two attached hydrogens (primary N) is 1. The number of oxazole rings is 1. The maximum absolute atomic E-state index is 13.9. The fourth-order valence-corrected chi connectivity index (χ4v) is 3.27. The summed E-state index contributed by atoms with van der Waals surface area (Å²) < 4.78 is 44.1. The van der Waals surface area contributed by atoms with Gasteiger partial charge in [0.25, 0.3) is 5.91 Å². The van der Waals surface area contributed by atoms with E-state index >= 15 is 0 Å². The molecule has 0 saturated heterocycles. The molecule has 1 aliphatic rings. The van der Waals surface area contributed by atoms with Crippen molar-refractivity contribution in [2.75, 3.05) is 13.7 Å². The molecule has 1 aliphatic carbocycles. The first-order valence-electron chi connectivity index (χ1n) is 10.7. The highest BCUT2D eigenvalue weighted by Crippen LogP contribution is 2.36. The van der Waals surface area contributed by atoms with Crippen molar-refractivity contribution in [3.63, 3.8) is 0 Å². The summed E-state index contributed by atoms with van der Waals surface area (Å²) in [5, 5.41) is 2.58. The van der Waals surface area contributed by atoms with Gasteiger partial charge in [-0.15, -0.1) is 12.4 Å². The summed E-state index contributed by atoms with van der Waals surface area (Å²) >= 11 is 0. The highest BCUT2D eigenvalue weighted by Gasteiger charge is 2.25. The van der Waals surface area contributed by atoms with Crippen LogP contribution < -0.4 is 20.5 Å². The van der Waals surface area contributed by atoms with E-state index in [0.717, 1.165) is 25.0 Å². The molecule has 1 atom stereocenters. The third kappa shape index (κ3) is 5.84. The van der Waals surface area contributed by atoms with Gasteiger partial charge in [-0.05, 0) is 49.9 Å². The predicted octanol–water partition coefficient (Wildman–Crippen LogP) is 4.79. The zero-order valence-corrected chi connectivity index (χ0v) is 19.6. The molecular formula is C24H26ClF2N3O4. The summed E-state index contributed by atoms with van der Waals surface area (Å²) in [7, 11) is 1.56. The Bertz CT molecular complexity index is 1170. The monoisotopic (exact) mass is 493 g/mol. The smallest absolute Gasteiger partial charge is 0.273 e. The number of ether oxygens (including phenoxy) is 2. The van der Waals surface area contributed by atoms with E-state index in [1.165, 1.54) is 6.07 Å². The molecule has 7 nitrogen and oxygen atoms in total. The Labute approximate surface area is 202 Å². The minimum absolute atomic E-state index is 0. The fourth-order valence-electron chi connectivity index (χ4n) is 3.27. The lowest BCUT2D eigenvalue weighted by molar-refractivity contribution is 0.0943. The van der Waals surface area contributed by atoms with Crippen molar-refractivity contribution < 1.29 is 27.5 Å². The molecule has 4 rings (SSSR count). The van der Waals surface area contributed by atoms with Gasteiger partial charge in [0, 0.05) is 23.7 Å². The second kappa shape index (κ2) is 10.8. The second-order valence-corrected chi connectivity index (χ2v) is 8.06. The summed E-state index contributed by atoms with van der Waals surface area (Å²) in [5.41, 5.74) is 6.73. The van der Waals surface area contributed by atoms with E-state index < -0.39 is 23.6 Å². The van der Waals surface area contributed by atoms with Gasteiger partial charge in [0.1, 0.15) is 11.6 Å². The molecule has 1 fully saturated rings. The third-order valence-corrected chi connectivity index (χ3v) is 5.32. The van der Waals surface area contributed by atoms with Gasteiger partial charge in [0.15, 0.2) is 23.0 Å². The van der Waals surface area contributed by atoms with Crippen LogP contribution in [0, 0.1) is 17.6 Å². The van der Waals surface area contributed by atoms with E-state index in [4.69, 9.17) is 19.6 Å². The van der Waals surface area contributed by atoms with Crippen LogP contribution in [0.3, 0.4) is 0 Å². The number of methoxy groups -OCH3 is 1. The van der Waals surface area contributed by atoms with Crippen LogP contribution in [0.5, 0.6) is 11.5 Å². The van der Waals surface area contributed by atoms with E-state index in [1.54, 1.807) is 32.2 Å². The van der Waals surface area contributed by atoms with Crippen molar-refractivity contribution in [3.8, 4) is 23.0 Å². The lowest BCUT2D eigenvalue weighted by Gasteiger charge is -2.11. The Morgan fingerprint density at radius 3 is 2.65 bits per heavy atom. The first kappa shape index (κ1) is 25.5. The van der Waals surface area contributed by atoms with Gasteiger partial charge in [-0.25, -0.2) is 13.8 Å². The van der Waals surface area contributed by atoms with E-state index in [9.17, 15) is 13.6 Å². The van der Waals surface area contributed by atoms with Crippen LogP contribution in [0.25, 0.3) is 11.5 Å². The molecule has 0 spiro atoms. The number of amides is 1. The summed E-state index contributed by atoms with van der Waals surface area (Å²) in [4.78, 5) is 17.1. The standard InChI is InChI=1S/C24H25F2N3O4.ClH/c1-13(27)22-21(23(30)28-11-16-5-7-17(25)10-18(16)26)29-24(33-22)15-6-8-19(31-2)20(9-15)32-12-14-3-4-14;/h5-10,13-14H,3-4,11-12,27H2,1-2H3,(H,28,30);1H. The largest absolute Gasteiger partial charge is 0.493 e. The molecular weight excluding hydrogens is 468 g/mol. The van der Waals surface area contributed by atoms with E-state index in [0.29, 0.717) is 29.6 Å².